The number of hydrogen-bond donors (Lipinski definition) is 2. The molecule has 9 heteroatoms. The molecular formula is C18H18N8O. The Kier molecular flexibility index (Phi) is 4.63. The number of aromatic amines is 1. The number of carbonyl (C=O) groups excluding carboxylic acids is 1. The Morgan fingerprint density at radius 3 is 2.78 bits per heavy atom. The van der Waals surface area contributed by atoms with Crippen molar-refractivity contribution in [3.8, 4) is 6.07 Å². The lowest BCUT2D eigenvalue weighted by Gasteiger charge is -2.35. The van der Waals surface area contributed by atoms with Crippen LogP contribution in [0.4, 0.5) is 11.6 Å². The quantitative estimate of drug-likeness (QED) is 0.711. The molecule has 4 rings (SSSR count). The number of nitrogens with one attached hydrogen (secondary N) is 2. The van der Waals surface area contributed by atoms with Gasteiger partial charge in [-0.05, 0) is 24.3 Å². The molecule has 9 nitrogen and oxygen atoms in total. The molecule has 136 valence electrons. The average molecular weight is 362 g/mol. The minimum absolute atomic E-state index is 0.103. The maximum atomic E-state index is 12.4. The van der Waals surface area contributed by atoms with Crippen molar-refractivity contribution < 1.29 is 4.79 Å². The fraction of sp³-hybridized carbons (Fsp3) is 0.278. The average Bonchev–Trinajstić information content (AvgIpc) is 3.11. The highest BCUT2D eigenvalue weighted by atomic mass is 16.2. The summed E-state index contributed by atoms with van der Waals surface area (Å²) in [5, 5.41) is 19.8. The van der Waals surface area contributed by atoms with Gasteiger partial charge in [0.15, 0.2) is 5.65 Å². The van der Waals surface area contributed by atoms with Gasteiger partial charge in [0.25, 0.3) is 0 Å². The van der Waals surface area contributed by atoms with Gasteiger partial charge in [-0.1, -0.05) is 0 Å². The third kappa shape index (κ3) is 3.56. The van der Waals surface area contributed by atoms with Gasteiger partial charge < -0.3 is 10.2 Å². The second kappa shape index (κ2) is 7.39. The molecule has 1 aliphatic heterocycles. The molecule has 4 heterocycles. The summed E-state index contributed by atoms with van der Waals surface area (Å²) in [5.74, 6) is 1.17. The van der Waals surface area contributed by atoms with E-state index in [0.29, 0.717) is 29.4 Å². The summed E-state index contributed by atoms with van der Waals surface area (Å²) >= 11 is 0. The number of rotatable bonds is 4. The van der Waals surface area contributed by atoms with Crippen LogP contribution in [-0.2, 0) is 4.79 Å². The van der Waals surface area contributed by atoms with Gasteiger partial charge in [0, 0.05) is 38.6 Å². The third-order valence-electron chi connectivity index (χ3n) is 4.54. The van der Waals surface area contributed by atoms with E-state index in [1.165, 1.54) is 0 Å². The Labute approximate surface area is 155 Å². The molecule has 1 fully saturated rings. The number of hydrogen-bond acceptors (Lipinski definition) is 7. The van der Waals surface area contributed by atoms with Crippen molar-refractivity contribution in [3.63, 3.8) is 0 Å². The second-order valence-electron chi connectivity index (χ2n) is 6.27. The summed E-state index contributed by atoms with van der Waals surface area (Å²) in [6.07, 6.45) is 3.35. The highest BCUT2D eigenvalue weighted by molar-refractivity contribution is 5.99. The molecular weight excluding hydrogens is 344 g/mol. The molecule has 0 bridgehead atoms. The van der Waals surface area contributed by atoms with Gasteiger partial charge in [0.05, 0.1) is 17.5 Å². The zero-order valence-electron chi connectivity index (χ0n) is 14.6. The van der Waals surface area contributed by atoms with Gasteiger partial charge in [0.2, 0.25) is 5.91 Å². The zero-order chi connectivity index (χ0) is 18.6. The molecule has 0 radical (unpaired) electrons. The maximum Gasteiger partial charge on any atom is 0.239 e. The lowest BCUT2D eigenvalue weighted by Crippen LogP contribution is -2.49. The minimum Gasteiger partial charge on any atom is -0.353 e. The molecule has 27 heavy (non-hydrogen) atoms. The number of amides is 1. The number of pyridine rings is 2. The van der Waals surface area contributed by atoms with Gasteiger partial charge >= 0.3 is 0 Å². The fourth-order valence-electron chi connectivity index (χ4n) is 3.18. The van der Waals surface area contributed by atoms with E-state index >= 15 is 0 Å². The summed E-state index contributed by atoms with van der Waals surface area (Å²) in [4.78, 5) is 25.0. The Bertz CT molecular complexity index is 1000. The number of anilines is 2. The van der Waals surface area contributed by atoms with Crippen LogP contribution in [0.3, 0.4) is 0 Å². The molecule has 0 atom stereocenters. The predicted molar refractivity (Wildman–Crippen MR) is 100 cm³/mol. The third-order valence-corrected chi connectivity index (χ3v) is 4.54. The first-order valence-corrected chi connectivity index (χ1v) is 8.66. The van der Waals surface area contributed by atoms with E-state index in [4.69, 9.17) is 0 Å². The lowest BCUT2D eigenvalue weighted by atomic mass is 10.2. The van der Waals surface area contributed by atoms with Crippen molar-refractivity contribution in [2.75, 3.05) is 42.9 Å². The molecule has 1 amide bonds. The largest absolute Gasteiger partial charge is 0.353 e. The van der Waals surface area contributed by atoms with Crippen LogP contribution in [0.5, 0.6) is 0 Å². The smallest absolute Gasteiger partial charge is 0.239 e. The van der Waals surface area contributed by atoms with Crippen molar-refractivity contribution in [2.24, 2.45) is 0 Å². The molecule has 3 aromatic rings. The van der Waals surface area contributed by atoms with Crippen LogP contribution in [0.15, 0.2) is 36.7 Å². The Hall–Kier alpha value is -3.51. The maximum absolute atomic E-state index is 12.4. The van der Waals surface area contributed by atoms with Crippen molar-refractivity contribution in [3.05, 3.63) is 42.2 Å². The van der Waals surface area contributed by atoms with Crippen LogP contribution >= 0.6 is 0 Å². The van der Waals surface area contributed by atoms with Gasteiger partial charge in [0.1, 0.15) is 17.7 Å². The van der Waals surface area contributed by atoms with Gasteiger partial charge in [-0.15, -0.1) is 0 Å². The van der Waals surface area contributed by atoms with E-state index in [-0.39, 0.29) is 5.91 Å². The summed E-state index contributed by atoms with van der Waals surface area (Å²) in [5.41, 5.74) is 1.15. The van der Waals surface area contributed by atoms with E-state index in [1.54, 1.807) is 30.6 Å². The molecule has 0 unspecified atom stereocenters. The summed E-state index contributed by atoms with van der Waals surface area (Å²) in [6.45, 7) is 3.17. The van der Waals surface area contributed by atoms with E-state index < -0.39 is 0 Å². The van der Waals surface area contributed by atoms with Crippen molar-refractivity contribution in [1.29, 1.82) is 5.26 Å². The number of H-pyrrole nitrogens is 1. The number of nitrogens with zero attached hydrogens (tertiary/aromatic N) is 6. The number of aromatic nitrogens is 4. The van der Waals surface area contributed by atoms with Gasteiger partial charge in [-0.25, -0.2) is 9.97 Å². The first kappa shape index (κ1) is 16.9. The Morgan fingerprint density at radius 2 is 1.96 bits per heavy atom. The van der Waals surface area contributed by atoms with Crippen LogP contribution in [-0.4, -0.2) is 63.7 Å². The minimum atomic E-state index is -0.103. The van der Waals surface area contributed by atoms with Crippen molar-refractivity contribution >= 4 is 28.6 Å². The first-order valence-electron chi connectivity index (χ1n) is 8.66. The normalized spacial score (nSPS) is 14.9. The highest BCUT2D eigenvalue weighted by Gasteiger charge is 2.22. The SMILES string of the molecule is N#Cc1cccnc1N1CCN(CC(=O)Nc2[nH]nc3ncccc23)CC1. The summed E-state index contributed by atoms with van der Waals surface area (Å²) in [6, 6.07) is 9.38. The summed E-state index contributed by atoms with van der Waals surface area (Å²) < 4.78 is 0. The van der Waals surface area contributed by atoms with Crippen LogP contribution < -0.4 is 10.2 Å². The fourth-order valence-corrected chi connectivity index (χ4v) is 3.18. The van der Waals surface area contributed by atoms with Crippen LogP contribution in [0, 0.1) is 11.3 Å². The molecule has 1 aliphatic rings. The van der Waals surface area contributed by atoms with E-state index in [2.05, 4.69) is 41.4 Å². The van der Waals surface area contributed by atoms with Crippen molar-refractivity contribution in [1.82, 2.24) is 25.1 Å². The van der Waals surface area contributed by atoms with E-state index in [1.807, 2.05) is 6.07 Å². The molecule has 0 aliphatic carbocycles. The molecule has 0 saturated carbocycles. The zero-order valence-corrected chi connectivity index (χ0v) is 14.6. The van der Waals surface area contributed by atoms with E-state index in [9.17, 15) is 10.1 Å². The standard InChI is InChI=1S/C18H18N8O/c19-11-13-3-1-6-21-18(13)26-9-7-25(8-10-26)12-15(27)22-17-14-4-2-5-20-16(14)23-24-17/h1-6H,7-10,12H2,(H2,20,22,23,24,27). The first-order chi connectivity index (χ1) is 13.2. The Morgan fingerprint density at radius 1 is 1.19 bits per heavy atom. The number of fused-ring (bicyclic) bond motifs is 1. The molecule has 3 aromatic heterocycles. The molecule has 2 N–H and O–H groups in total. The van der Waals surface area contributed by atoms with Gasteiger partial charge in [-0.2, -0.15) is 10.4 Å². The lowest BCUT2D eigenvalue weighted by molar-refractivity contribution is -0.117. The molecule has 0 spiro atoms. The topological polar surface area (TPSA) is 114 Å². The second-order valence-corrected chi connectivity index (χ2v) is 6.27. The summed E-state index contributed by atoms with van der Waals surface area (Å²) in [7, 11) is 0. The predicted octanol–water partition coefficient (Wildman–Crippen LogP) is 0.985. The van der Waals surface area contributed by atoms with Crippen molar-refractivity contribution in [2.45, 2.75) is 0 Å². The van der Waals surface area contributed by atoms with Gasteiger partial charge in [-0.3, -0.25) is 14.8 Å². The molecule has 0 aromatic carbocycles. The molecule has 1 saturated heterocycles. The number of nitriles is 1. The highest BCUT2D eigenvalue weighted by Crippen LogP contribution is 2.19. The number of carbonyl (C=O) groups is 1. The van der Waals surface area contributed by atoms with Crippen LogP contribution in [0.2, 0.25) is 0 Å². The van der Waals surface area contributed by atoms with E-state index in [0.717, 1.165) is 31.6 Å². The monoisotopic (exact) mass is 362 g/mol. The van der Waals surface area contributed by atoms with Crippen LogP contribution in [0.25, 0.3) is 11.0 Å². The Balaban J connectivity index is 1.34. The van der Waals surface area contributed by atoms with Crippen LogP contribution in [0.1, 0.15) is 5.56 Å². The number of piperazine rings is 1.